The number of amides is 2. The van der Waals surface area contributed by atoms with Crippen LogP contribution in [0, 0.1) is 0 Å². The van der Waals surface area contributed by atoms with Crippen LogP contribution >= 0.6 is 15.9 Å². The smallest absolute Gasteiger partial charge is 0.260 e. The predicted molar refractivity (Wildman–Crippen MR) is 91.0 cm³/mol. The van der Waals surface area contributed by atoms with Crippen molar-refractivity contribution in [3.05, 3.63) is 24.3 Å². The molecule has 0 aliphatic carbocycles. The minimum Gasteiger partial charge on any atom is -0.484 e. The molecule has 7 heteroatoms. The van der Waals surface area contributed by atoms with E-state index in [4.69, 9.17) is 9.47 Å². The molecule has 0 saturated carbocycles. The fourth-order valence-corrected chi connectivity index (χ4v) is 2.06. The molecule has 6 nitrogen and oxygen atoms in total. The molecule has 1 aliphatic rings. The first-order chi connectivity index (χ1) is 10.9. The minimum atomic E-state index is -0.632. The van der Waals surface area contributed by atoms with Crippen LogP contribution in [0.4, 0.5) is 5.69 Å². The number of hydrogen-bond donors (Lipinski definition) is 1. The van der Waals surface area contributed by atoms with E-state index in [2.05, 4.69) is 21.2 Å². The van der Waals surface area contributed by atoms with Gasteiger partial charge in [0.2, 0.25) is 5.91 Å². The molecule has 23 heavy (non-hydrogen) atoms. The van der Waals surface area contributed by atoms with Gasteiger partial charge in [0.25, 0.3) is 5.91 Å². The number of rotatable bonds is 5. The molecule has 1 aliphatic heterocycles. The number of morpholine rings is 1. The second kappa shape index (κ2) is 7.79. The lowest BCUT2D eigenvalue weighted by Crippen LogP contribution is -2.42. The van der Waals surface area contributed by atoms with Crippen molar-refractivity contribution >= 4 is 33.4 Å². The van der Waals surface area contributed by atoms with Gasteiger partial charge in [-0.15, -0.1) is 0 Å². The Hall–Kier alpha value is -1.60. The van der Waals surface area contributed by atoms with Crippen molar-refractivity contribution in [3.8, 4) is 5.75 Å². The lowest BCUT2D eigenvalue weighted by Gasteiger charge is -2.26. The van der Waals surface area contributed by atoms with Gasteiger partial charge in [-0.2, -0.15) is 0 Å². The first-order valence-electron chi connectivity index (χ1n) is 7.45. The van der Waals surface area contributed by atoms with E-state index in [0.717, 1.165) is 0 Å². The summed E-state index contributed by atoms with van der Waals surface area (Å²) in [7, 11) is 0. The van der Waals surface area contributed by atoms with Crippen LogP contribution < -0.4 is 10.1 Å². The first-order valence-corrected chi connectivity index (χ1v) is 8.24. The highest BCUT2D eigenvalue weighted by Gasteiger charge is 2.23. The third-order valence-corrected chi connectivity index (χ3v) is 3.74. The standard InChI is InChI=1S/C16H21BrN2O4/c1-16(2,17)15(21)18-12-3-5-13(6-4-12)23-11-14(20)19-7-9-22-10-8-19/h3-6H,7-11H2,1-2H3,(H,18,21). The molecule has 1 aromatic rings. The fourth-order valence-electron chi connectivity index (χ4n) is 1.96. The number of carbonyl (C=O) groups excluding carboxylic acids is 2. The third-order valence-electron chi connectivity index (χ3n) is 3.38. The zero-order chi connectivity index (χ0) is 16.9. The molecule has 2 rings (SSSR count). The second-order valence-corrected chi connectivity index (χ2v) is 7.72. The Balaban J connectivity index is 1.83. The van der Waals surface area contributed by atoms with Crippen LogP contribution in [0.3, 0.4) is 0 Å². The number of benzene rings is 1. The van der Waals surface area contributed by atoms with Crippen molar-refractivity contribution in [1.82, 2.24) is 4.90 Å². The van der Waals surface area contributed by atoms with E-state index >= 15 is 0 Å². The molecular weight excluding hydrogens is 364 g/mol. The summed E-state index contributed by atoms with van der Waals surface area (Å²) in [5.74, 6) is 0.406. The normalized spacial score (nSPS) is 15.2. The summed E-state index contributed by atoms with van der Waals surface area (Å²) in [5, 5.41) is 2.80. The van der Waals surface area contributed by atoms with Gasteiger partial charge < -0.3 is 19.7 Å². The van der Waals surface area contributed by atoms with E-state index in [9.17, 15) is 9.59 Å². The van der Waals surface area contributed by atoms with Gasteiger partial charge in [0, 0.05) is 18.8 Å². The Morgan fingerprint density at radius 3 is 2.43 bits per heavy atom. The molecule has 0 aromatic heterocycles. The molecule has 0 unspecified atom stereocenters. The third kappa shape index (κ3) is 5.51. The van der Waals surface area contributed by atoms with Crippen molar-refractivity contribution in [2.24, 2.45) is 0 Å². The van der Waals surface area contributed by atoms with Crippen LogP contribution in [0.2, 0.25) is 0 Å². The number of carbonyl (C=O) groups is 2. The van der Waals surface area contributed by atoms with Crippen LogP contribution in [-0.4, -0.2) is 53.9 Å². The van der Waals surface area contributed by atoms with E-state index in [0.29, 0.717) is 37.7 Å². The average Bonchev–Trinajstić information content (AvgIpc) is 2.54. The Morgan fingerprint density at radius 2 is 1.87 bits per heavy atom. The van der Waals surface area contributed by atoms with Crippen LogP contribution in [0.25, 0.3) is 0 Å². The number of nitrogens with one attached hydrogen (secondary N) is 1. The quantitative estimate of drug-likeness (QED) is 0.788. The van der Waals surface area contributed by atoms with Crippen LogP contribution in [-0.2, 0) is 14.3 Å². The summed E-state index contributed by atoms with van der Waals surface area (Å²) in [4.78, 5) is 25.6. The second-order valence-electron chi connectivity index (χ2n) is 5.73. The zero-order valence-electron chi connectivity index (χ0n) is 13.3. The van der Waals surface area contributed by atoms with E-state index in [-0.39, 0.29) is 18.4 Å². The van der Waals surface area contributed by atoms with E-state index in [1.165, 1.54) is 0 Å². The molecule has 1 heterocycles. The molecule has 1 fully saturated rings. The van der Waals surface area contributed by atoms with Gasteiger partial charge in [0.15, 0.2) is 6.61 Å². The zero-order valence-corrected chi connectivity index (χ0v) is 14.9. The van der Waals surface area contributed by atoms with E-state index in [1.54, 1.807) is 43.0 Å². The van der Waals surface area contributed by atoms with Crippen LogP contribution in [0.15, 0.2) is 24.3 Å². The summed E-state index contributed by atoms with van der Waals surface area (Å²) in [5.41, 5.74) is 0.675. The monoisotopic (exact) mass is 384 g/mol. The van der Waals surface area contributed by atoms with Gasteiger partial charge in [-0.25, -0.2) is 0 Å². The average molecular weight is 385 g/mol. The van der Waals surface area contributed by atoms with E-state index < -0.39 is 4.32 Å². The molecule has 2 amide bonds. The number of nitrogens with zero attached hydrogens (tertiary/aromatic N) is 1. The molecule has 0 atom stereocenters. The van der Waals surface area contributed by atoms with Gasteiger partial charge in [0.1, 0.15) is 5.75 Å². The molecular formula is C16H21BrN2O4. The molecule has 1 N–H and O–H groups in total. The van der Waals surface area contributed by atoms with Crippen molar-refractivity contribution in [1.29, 1.82) is 0 Å². The van der Waals surface area contributed by atoms with Gasteiger partial charge in [-0.1, -0.05) is 15.9 Å². The van der Waals surface area contributed by atoms with Gasteiger partial charge >= 0.3 is 0 Å². The molecule has 0 spiro atoms. The highest BCUT2D eigenvalue weighted by atomic mass is 79.9. The van der Waals surface area contributed by atoms with Crippen molar-refractivity contribution < 1.29 is 19.1 Å². The molecule has 0 radical (unpaired) electrons. The van der Waals surface area contributed by atoms with Crippen molar-refractivity contribution in [2.75, 3.05) is 38.2 Å². The molecule has 1 saturated heterocycles. The maximum atomic E-state index is 12.0. The number of ether oxygens (including phenoxy) is 2. The summed E-state index contributed by atoms with van der Waals surface area (Å²) >= 11 is 3.31. The predicted octanol–water partition coefficient (Wildman–Crippen LogP) is 2.04. The van der Waals surface area contributed by atoms with Crippen molar-refractivity contribution in [2.45, 2.75) is 18.2 Å². The Bertz CT molecular complexity index is 548. The Morgan fingerprint density at radius 1 is 1.26 bits per heavy atom. The maximum absolute atomic E-state index is 12.0. The van der Waals surface area contributed by atoms with Gasteiger partial charge in [-0.05, 0) is 38.1 Å². The molecule has 1 aromatic carbocycles. The largest absolute Gasteiger partial charge is 0.484 e. The van der Waals surface area contributed by atoms with Crippen LogP contribution in [0.1, 0.15) is 13.8 Å². The summed E-state index contributed by atoms with van der Waals surface area (Å²) in [6, 6.07) is 6.93. The molecule has 0 bridgehead atoms. The summed E-state index contributed by atoms with van der Waals surface area (Å²) < 4.78 is 10.1. The number of anilines is 1. The van der Waals surface area contributed by atoms with Gasteiger partial charge in [0.05, 0.1) is 17.5 Å². The topological polar surface area (TPSA) is 67.9 Å². The first kappa shape index (κ1) is 17.7. The Kier molecular flexibility index (Phi) is 6.01. The molecule has 126 valence electrons. The number of halogens is 1. The Labute approximate surface area is 144 Å². The van der Waals surface area contributed by atoms with Crippen LogP contribution in [0.5, 0.6) is 5.75 Å². The maximum Gasteiger partial charge on any atom is 0.260 e. The number of alkyl halides is 1. The lowest BCUT2D eigenvalue weighted by molar-refractivity contribution is -0.137. The highest BCUT2D eigenvalue weighted by molar-refractivity contribution is 9.10. The van der Waals surface area contributed by atoms with E-state index in [1.807, 2.05) is 0 Å². The van der Waals surface area contributed by atoms with Gasteiger partial charge in [-0.3, -0.25) is 9.59 Å². The highest BCUT2D eigenvalue weighted by Crippen LogP contribution is 2.21. The lowest BCUT2D eigenvalue weighted by atomic mass is 10.2. The fraction of sp³-hybridized carbons (Fsp3) is 0.500. The summed E-state index contributed by atoms with van der Waals surface area (Å²) in [6.07, 6.45) is 0. The number of hydrogen-bond acceptors (Lipinski definition) is 4. The minimum absolute atomic E-state index is 0.000136. The van der Waals surface area contributed by atoms with Crippen molar-refractivity contribution in [3.63, 3.8) is 0 Å². The SMILES string of the molecule is CC(C)(Br)C(=O)Nc1ccc(OCC(=O)N2CCOCC2)cc1. The summed E-state index contributed by atoms with van der Waals surface area (Å²) in [6.45, 7) is 5.91.